The summed E-state index contributed by atoms with van der Waals surface area (Å²) in [5.74, 6) is 0. The van der Waals surface area contributed by atoms with Crippen LogP contribution in [-0.4, -0.2) is 0 Å². The molecule has 2 nitrogen and oxygen atoms in total. The molecule has 0 amide bonds. The smallest absolute Gasteiger partial charge is 0.0617 e. The van der Waals surface area contributed by atoms with Gasteiger partial charge in [0, 0.05) is 5.69 Å². The Morgan fingerprint density at radius 2 is 0.855 bits per heavy atom. The number of fused-ring (bicyclic) bond motifs is 4. The maximum absolute atomic E-state index is 6.14. The maximum atomic E-state index is 6.14. The van der Waals surface area contributed by atoms with Crippen LogP contribution in [0, 0.1) is 6.92 Å². The molecule has 0 fully saturated rings. The Balaban J connectivity index is 0.000000195. The van der Waals surface area contributed by atoms with E-state index in [-0.39, 0.29) is 0 Å². The van der Waals surface area contributed by atoms with Gasteiger partial charge in [-0.2, -0.15) is 0 Å². The monoisotopic (exact) mass is 704 g/mol. The van der Waals surface area contributed by atoms with Crippen molar-refractivity contribution < 1.29 is 0 Å². The number of anilines is 3. The van der Waals surface area contributed by atoms with Gasteiger partial charge in [-0.3, -0.25) is 0 Å². The van der Waals surface area contributed by atoms with Crippen LogP contribution >= 0.6 is 0 Å². The fourth-order valence-electron chi connectivity index (χ4n) is 7.92. The summed E-state index contributed by atoms with van der Waals surface area (Å²) in [5.41, 5.74) is 17.7. The Kier molecular flexibility index (Phi) is 8.99. The van der Waals surface area contributed by atoms with E-state index in [1.807, 2.05) is 24.3 Å². The molecule has 0 saturated heterocycles. The average Bonchev–Trinajstić information content (AvgIpc) is 3.24. The summed E-state index contributed by atoms with van der Waals surface area (Å²) in [4.78, 5) is 0. The van der Waals surface area contributed by atoms with Crippen LogP contribution in [0.15, 0.2) is 206 Å². The summed E-state index contributed by atoms with van der Waals surface area (Å²) in [6.45, 7) is 2.16. The molecule has 10 rings (SSSR count). The standard InChI is InChI=1S/C36H26N2.C17H14/c37-33-15-7-8-16-34(33)38-28-21-19-25(20-22-28)35-29-11-3-5-13-31(29)36(32-14-6-4-12-30(32)35)27-18-17-24-9-1-2-10-26(24)23-27;1-13-7-2-4-10-15(13)17-12-6-9-14-8-3-5-11-16(14)17/h1-23,38H,37H2;2-12H,1H3. The predicted molar refractivity (Wildman–Crippen MR) is 238 cm³/mol. The molecule has 0 spiro atoms. The third kappa shape index (κ3) is 6.56. The van der Waals surface area contributed by atoms with Crippen LogP contribution in [0.2, 0.25) is 0 Å². The summed E-state index contributed by atoms with van der Waals surface area (Å²) in [5, 5.41) is 13.6. The quantitative estimate of drug-likeness (QED) is 0.138. The first-order chi connectivity index (χ1) is 27.1. The molecule has 0 aliphatic carbocycles. The highest BCUT2D eigenvalue weighted by molar-refractivity contribution is 6.21. The van der Waals surface area contributed by atoms with Crippen LogP contribution in [0.1, 0.15) is 5.56 Å². The zero-order valence-corrected chi connectivity index (χ0v) is 30.7. The second-order valence-electron chi connectivity index (χ2n) is 14.0. The number of nitrogen functional groups attached to an aromatic ring is 1. The molecule has 0 aromatic heterocycles. The van der Waals surface area contributed by atoms with Gasteiger partial charge in [-0.1, -0.05) is 176 Å². The molecule has 2 heteroatoms. The Morgan fingerprint density at radius 3 is 1.53 bits per heavy atom. The summed E-state index contributed by atoms with van der Waals surface area (Å²) in [7, 11) is 0. The van der Waals surface area contributed by atoms with Gasteiger partial charge in [0.2, 0.25) is 0 Å². The fourth-order valence-corrected chi connectivity index (χ4v) is 7.92. The minimum atomic E-state index is 0.734. The normalized spacial score (nSPS) is 11.1. The molecule has 0 heterocycles. The van der Waals surface area contributed by atoms with E-state index in [9.17, 15) is 0 Å². The predicted octanol–water partition coefficient (Wildman–Crippen LogP) is 14.6. The van der Waals surface area contributed by atoms with Gasteiger partial charge in [0.25, 0.3) is 0 Å². The Hall–Kier alpha value is -7.16. The molecule has 262 valence electrons. The number of nitrogens with one attached hydrogen (secondary N) is 1. The van der Waals surface area contributed by atoms with Crippen LogP contribution in [0.25, 0.3) is 76.5 Å². The number of hydrogen-bond donors (Lipinski definition) is 2. The molecular weight excluding hydrogens is 665 g/mol. The topological polar surface area (TPSA) is 38.0 Å². The molecule has 0 aliphatic heterocycles. The summed E-state index contributed by atoms with van der Waals surface area (Å²) < 4.78 is 0. The van der Waals surface area contributed by atoms with Crippen molar-refractivity contribution in [2.24, 2.45) is 0 Å². The van der Waals surface area contributed by atoms with Crippen molar-refractivity contribution in [1.29, 1.82) is 0 Å². The van der Waals surface area contributed by atoms with Gasteiger partial charge in [0.15, 0.2) is 0 Å². The summed E-state index contributed by atoms with van der Waals surface area (Å²) in [6, 6.07) is 73.0. The van der Waals surface area contributed by atoms with Gasteiger partial charge < -0.3 is 11.1 Å². The molecule has 0 saturated carbocycles. The molecular formula is C53H40N2. The highest BCUT2D eigenvalue weighted by Crippen LogP contribution is 2.44. The summed E-state index contributed by atoms with van der Waals surface area (Å²) >= 11 is 0. The van der Waals surface area contributed by atoms with E-state index in [2.05, 4.69) is 194 Å². The van der Waals surface area contributed by atoms with Crippen LogP contribution in [0.4, 0.5) is 17.1 Å². The van der Waals surface area contributed by atoms with Gasteiger partial charge in [-0.15, -0.1) is 0 Å². The SMILES string of the molecule is Cc1ccccc1-c1cccc2ccccc12.Nc1ccccc1Nc1ccc(-c2c3ccccc3c(-c3ccc4ccccc4c3)c3ccccc23)cc1. The Morgan fingerprint density at radius 1 is 0.364 bits per heavy atom. The minimum absolute atomic E-state index is 0.734. The first-order valence-electron chi connectivity index (χ1n) is 18.8. The van der Waals surface area contributed by atoms with E-state index < -0.39 is 0 Å². The highest BCUT2D eigenvalue weighted by Gasteiger charge is 2.17. The first-order valence-corrected chi connectivity index (χ1v) is 18.8. The number of aryl methyl sites for hydroxylation is 1. The van der Waals surface area contributed by atoms with E-state index in [0.29, 0.717) is 0 Å². The van der Waals surface area contributed by atoms with E-state index in [0.717, 1.165) is 17.1 Å². The lowest BCUT2D eigenvalue weighted by Gasteiger charge is -2.18. The lowest BCUT2D eigenvalue weighted by Crippen LogP contribution is -1.95. The van der Waals surface area contributed by atoms with Crippen molar-refractivity contribution in [3.8, 4) is 33.4 Å². The van der Waals surface area contributed by atoms with E-state index in [1.165, 1.54) is 82.0 Å². The largest absolute Gasteiger partial charge is 0.397 e. The van der Waals surface area contributed by atoms with Gasteiger partial charge in [0.05, 0.1) is 11.4 Å². The van der Waals surface area contributed by atoms with Crippen molar-refractivity contribution in [2.75, 3.05) is 11.1 Å². The van der Waals surface area contributed by atoms with Crippen LogP contribution < -0.4 is 11.1 Å². The van der Waals surface area contributed by atoms with Gasteiger partial charge in [0.1, 0.15) is 0 Å². The zero-order chi connectivity index (χ0) is 37.1. The number of benzene rings is 10. The number of para-hydroxylation sites is 2. The van der Waals surface area contributed by atoms with E-state index in [4.69, 9.17) is 5.73 Å². The number of hydrogen-bond acceptors (Lipinski definition) is 2. The van der Waals surface area contributed by atoms with Crippen molar-refractivity contribution in [1.82, 2.24) is 0 Å². The summed E-state index contributed by atoms with van der Waals surface area (Å²) in [6.07, 6.45) is 0. The van der Waals surface area contributed by atoms with Crippen LogP contribution in [0.3, 0.4) is 0 Å². The molecule has 0 atom stereocenters. The van der Waals surface area contributed by atoms with Gasteiger partial charge >= 0.3 is 0 Å². The Bertz CT molecular complexity index is 2910. The van der Waals surface area contributed by atoms with Crippen molar-refractivity contribution in [2.45, 2.75) is 6.92 Å². The van der Waals surface area contributed by atoms with Crippen LogP contribution in [-0.2, 0) is 0 Å². The minimum Gasteiger partial charge on any atom is -0.397 e. The molecule has 10 aromatic rings. The van der Waals surface area contributed by atoms with Crippen molar-refractivity contribution in [3.63, 3.8) is 0 Å². The molecule has 10 aromatic carbocycles. The van der Waals surface area contributed by atoms with Crippen molar-refractivity contribution >= 4 is 60.2 Å². The van der Waals surface area contributed by atoms with E-state index in [1.54, 1.807) is 0 Å². The number of nitrogens with two attached hydrogens (primary N) is 1. The highest BCUT2D eigenvalue weighted by atomic mass is 14.9. The van der Waals surface area contributed by atoms with Gasteiger partial charge in [-0.25, -0.2) is 0 Å². The maximum Gasteiger partial charge on any atom is 0.0617 e. The lowest BCUT2D eigenvalue weighted by molar-refractivity contribution is 1.47. The molecule has 0 unspecified atom stereocenters. The third-order valence-electron chi connectivity index (χ3n) is 10.6. The third-order valence-corrected chi connectivity index (χ3v) is 10.6. The number of rotatable bonds is 5. The second kappa shape index (κ2) is 14.7. The first kappa shape index (κ1) is 33.7. The van der Waals surface area contributed by atoms with Gasteiger partial charge in [-0.05, 0) is 119 Å². The lowest BCUT2D eigenvalue weighted by atomic mass is 9.85. The zero-order valence-electron chi connectivity index (χ0n) is 30.7. The van der Waals surface area contributed by atoms with Crippen molar-refractivity contribution in [3.05, 3.63) is 212 Å². The molecule has 0 radical (unpaired) electrons. The van der Waals surface area contributed by atoms with Crippen LogP contribution in [0.5, 0.6) is 0 Å². The molecule has 3 N–H and O–H groups in total. The molecule has 0 bridgehead atoms. The Labute approximate surface area is 322 Å². The molecule has 55 heavy (non-hydrogen) atoms. The fraction of sp³-hybridized carbons (Fsp3) is 0.0189. The van der Waals surface area contributed by atoms with E-state index >= 15 is 0 Å². The molecule has 0 aliphatic rings. The second-order valence-corrected chi connectivity index (χ2v) is 14.0. The average molecular weight is 705 g/mol.